The molecule has 0 fully saturated rings. The van der Waals surface area contributed by atoms with Crippen LogP contribution in [0.3, 0.4) is 0 Å². The van der Waals surface area contributed by atoms with E-state index >= 15 is 0 Å². The van der Waals surface area contributed by atoms with Gasteiger partial charge in [0.05, 0.1) is 35.5 Å². The van der Waals surface area contributed by atoms with Crippen LogP contribution in [0.5, 0.6) is 5.75 Å². The van der Waals surface area contributed by atoms with Crippen LogP contribution in [0.25, 0.3) is 27.9 Å². The molecule has 0 saturated carbocycles. The summed E-state index contributed by atoms with van der Waals surface area (Å²) in [6, 6.07) is 7.69. The van der Waals surface area contributed by atoms with Gasteiger partial charge in [0, 0.05) is 31.7 Å². The Bertz CT molecular complexity index is 1530. The molecular weight excluding hydrogens is 456 g/mol. The standard InChI is InChI=1S/C27H24N6O3/c1-36-22-14-30-24(21-8-11-31-32-21)25-23(22)19(13-29-25)26(34)27(35)33-12-9-17-16(15-33)5-4-6-18(17)20-7-2-3-10-28-20/h2-3,6-8,10-11,13-14,29H,4-5,9,12,15H2,1H3,(H,31,32). The van der Waals surface area contributed by atoms with Crippen LogP contribution in [0, 0.1) is 0 Å². The molecule has 0 aromatic carbocycles. The summed E-state index contributed by atoms with van der Waals surface area (Å²) in [4.78, 5) is 40.6. The van der Waals surface area contributed by atoms with Gasteiger partial charge in [-0.15, -0.1) is 0 Å². The number of nitrogens with one attached hydrogen (secondary N) is 2. The van der Waals surface area contributed by atoms with Gasteiger partial charge >= 0.3 is 0 Å². The van der Waals surface area contributed by atoms with Crippen LogP contribution in [0.15, 0.2) is 66.3 Å². The Morgan fingerprint density at radius 1 is 1.11 bits per heavy atom. The molecule has 2 aliphatic rings. The van der Waals surface area contributed by atoms with Gasteiger partial charge in [-0.1, -0.05) is 12.1 Å². The van der Waals surface area contributed by atoms with Crippen LogP contribution >= 0.6 is 0 Å². The number of pyridine rings is 2. The third kappa shape index (κ3) is 3.60. The number of carbonyl (C=O) groups excluding carboxylic acids is 2. The van der Waals surface area contributed by atoms with Crippen molar-refractivity contribution in [2.75, 3.05) is 20.2 Å². The fraction of sp³-hybridized carbons (Fsp3) is 0.222. The fourth-order valence-corrected chi connectivity index (χ4v) is 5.15. The van der Waals surface area contributed by atoms with Crippen LogP contribution in [-0.4, -0.2) is 61.9 Å². The van der Waals surface area contributed by atoms with E-state index in [2.05, 4.69) is 31.2 Å². The smallest absolute Gasteiger partial charge is 0.295 e. The van der Waals surface area contributed by atoms with Crippen molar-refractivity contribution >= 4 is 28.2 Å². The molecule has 9 heteroatoms. The molecule has 36 heavy (non-hydrogen) atoms. The molecule has 0 bridgehead atoms. The first-order valence-electron chi connectivity index (χ1n) is 11.9. The Morgan fingerprint density at radius 2 is 2.03 bits per heavy atom. The van der Waals surface area contributed by atoms with E-state index in [1.54, 1.807) is 35.8 Å². The molecule has 0 unspecified atom stereocenters. The van der Waals surface area contributed by atoms with E-state index in [9.17, 15) is 9.59 Å². The van der Waals surface area contributed by atoms with E-state index in [4.69, 9.17) is 4.74 Å². The van der Waals surface area contributed by atoms with E-state index in [1.165, 1.54) is 18.3 Å². The highest BCUT2D eigenvalue weighted by atomic mass is 16.5. The quantitative estimate of drug-likeness (QED) is 0.330. The number of fused-ring (bicyclic) bond motifs is 1. The van der Waals surface area contributed by atoms with Crippen LogP contribution in [0.1, 0.15) is 35.3 Å². The van der Waals surface area contributed by atoms with Crippen LogP contribution < -0.4 is 4.74 Å². The lowest BCUT2D eigenvalue weighted by atomic mass is 9.84. The Morgan fingerprint density at radius 3 is 2.81 bits per heavy atom. The van der Waals surface area contributed by atoms with Crippen molar-refractivity contribution in [1.82, 2.24) is 30.0 Å². The molecule has 1 amide bonds. The lowest BCUT2D eigenvalue weighted by molar-refractivity contribution is -0.126. The molecule has 6 rings (SSSR count). The number of hydrogen-bond donors (Lipinski definition) is 2. The molecule has 180 valence electrons. The van der Waals surface area contributed by atoms with E-state index in [-0.39, 0.29) is 5.56 Å². The molecule has 1 aliphatic heterocycles. The van der Waals surface area contributed by atoms with Crippen molar-refractivity contribution < 1.29 is 14.3 Å². The van der Waals surface area contributed by atoms with Crippen molar-refractivity contribution in [3.63, 3.8) is 0 Å². The zero-order chi connectivity index (χ0) is 24.6. The molecule has 9 nitrogen and oxygen atoms in total. The van der Waals surface area contributed by atoms with Crippen LogP contribution in [-0.2, 0) is 4.79 Å². The van der Waals surface area contributed by atoms with Gasteiger partial charge in [-0.3, -0.25) is 19.7 Å². The predicted molar refractivity (Wildman–Crippen MR) is 134 cm³/mol. The third-order valence-corrected chi connectivity index (χ3v) is 6.86. The van der Waals surface area contributed by atoms with Gasteiger partial charge in [0.2, 0.25) is 0 Å². The highest BCUT2D eigenvalue weighted by Gasteiger charge is 2.32. The maximum absolute atomic E-state index is 13.5. The molecule has 0 saturated heterocycles. The number of ketones is 1. The van der Waals surface area contributed by atoms with E-state index in [0.29, 0.717) is 47.6 Å². The first kappa shape index (κ1) is 22.0. The van der Waals surface area contributed by atoms with Gasteiger partial charge in [-0.25, -0.2) is 4.98 Å². The van der Waals surface area contributed by atoms with Crippen LogP contribution in [0.2, 0.25) is 0 Å². The number of hydrogen-bond acceptors (Lipinski definition) is 6. The second-order valence-corrected chi connectivity index (χ2v) is 8.85. The molecular formula is C27H24N6O3. The van der Waals surface area contributed by atoms with Gasteiger partial charge in [-0.2, -0.15) is 5.10 Å². The SMILES string of the molecule is COc1cnc(-c2cc[nH]n2)c2[nH]cc(C(=O)C(=O)N3CCC4=C(CCC=C4c4ccccn4)C3)c12. The monoisotopic (exact) mass is 480 g/mol. The number of methoxy groups -OCH3 is 1. The highest BCUT2D eigenvalue weighted by molar-refractivity contribution is 6.45. The number of allylic oxidation sites excluding steroid dienone is 2. The number of Topliss-reactive ketones (excluding diaryl/α,β-unsaturated/α-hetero) is 1. The van der Waals surface area contributed by atoms with Crippen molar-refractivity contribution in [2.45, 2.75) is 19.3 Å². The van der Waals surface area contributed by atoms with Crippen molar-refractivity contribution in [3.8, 4) is 17.1 Å². The van der Waals surface area contributed by atoms with E-state index in [0.717, 1.165) is 24.1 Å². The number of carbonyl (C=O) groups is 2. The number of aromatic nitrogens is 5. The minimum Gasteiger partial charge on any atom is -0.494 e. The predicted octanol–water partition coefficient (Wildman–Crippen LogP) is 3.95. The molecule has 0 atom stereocenters. The minimum atomic E-state index is -0.570. The van der Waals surface area contributed by atoms with Crippen molar-refractivity contribution in [2.24, 2.45) is 0 Å². The summed E-state index contributed by atoms with van der Waals surface area (Å²) in [5.41, 5.74) is 6.61. The zero-order valence-corrected chi connectivity index (χ0v) is 19.7. The molecule has 0 spiro atoms. The summed E-state index contributed by atoms with van der Waals surface area (Å²) in [7, 11) is 1.52. The maximum Gasteiger partial charge on any atom is 0.295 e. The number of aromatic amines is 2. The zero-order valence-electron chi connectivity index (χ0n) is 19.7. The average Bonchev–Trinajstić information content (AvgIpc) is 3.63. The number of nitrogens with zero attached hydrogens (tertiary/aromatic N) is 4. The number of amides is 1. The first-order valence-corrected chi connectivity index (χ1v) is 11.9. The Balaban J connectivity index is 1.30. The van der Waals surface area contributed by atoms with Gasteiger partial charge in [0.1, 0.15) is 17.1 Å². The summed E-state index contributed by atoms with van der Waals surface area (Å²) >= 11 is 0. The lowest BCUT2D eigenvalue weighted by Crippen LogP contribution is -2.41. The van der Waals surface area contributed by atoms with Gasteiger partial charge < -0.3 is 14.6 Å². The summed E-state index contributed by atoms with van der Waals surface area (Å²) < 4.78 is 5.49. The fourth-order valence-electron chi connectivity index (χ4n) is 5.15. The third-order valence-electron chi connectivity index (χ3n) is 6.86. The van der Waals surface area contributed by atoms with E-state index < -0.39 is 11.7 Å². The Hall–Kier alpha value is -4.53. The average molecular weight is 481 g/mol. The van der Waals surface area contributed by atoms with Gasteiger partial charge in [0.25, 0.3) is 11.7 Å². The second kappa shape index (κ2) is 8.92. The molecule has 5 heterocycles. The van der Waals surface area contributed by atoms with Crippen molar-refractivity contribution in [1.29, 1.82) is 0 Å². The Kier molecular flexibility index (Phi) is 5.44. The number of rotatable bonds is 5. The first-order chi connectivity index (χ1) is 17.7. The minimum absolute atomic E-state index is 0.267. The van der Waals surface area contributed by atoms with Gasteiger partial charge in [-0.05, 0) is 54.2 Å². The largest absolute Gasteiger partial charge is 0.494 e. The molecule has 4 aromatic heterocycles. The summed E-state index contributed by atoms with van der Waals surface area (Å²) in [5.74, 6) is -0.668. The molecule has 1 aliphatic carbocycles. The number of H-pyrrole nitrogens is 2. The normalized spacial score (nSPS) is 15.6. The molecule has 4 aromatic rings. The maximum atomic E-state index is 13.5. The lowest BCUT2D eigenvalue weighted by Gasteiger charge is -2.33. The van der Waals surface area contributed by atoms with Crippen LogP contribution in [0.4, 0.5) is 0 Å². The van der Waals surface area contributed by atoms with Crippen molar-refractivity contribution in [3.05, 3.63) is 77.5 Å². The molecule has 0 radical (unpaired) electrons. The second-order valence-electron chi connectivity index (χ2n) is 8.85. The Labute approximate surface area is 206 Å². The summed E-state index contributed by atoms with van der Waals surface area (Å²) in [6.07, 6.45) is 11.3. The van der Waals surface area contributed by atoms with E-state index in [1.807, 2.05) is 18.2 Å². The number of ether oxygens (including phenoxy) is 1. The van der Waals surface area contributed by atoms with Gasteiger partial charge in [0.15, 0.2) is 0 Å². The highest BCUT2D eigenvalue weighted by Crippen LogP contribution is 2.37. The summed E-state index contributed by atoms with van der Waals surface area (Å²) in [6.45, 7) is 0.927. The molecule has 2 N–H and O–H groups in total. The summed E-state index contributed by atoms with van der Waals surface area (Å²) in [5, 5.41) is 7.50. The topological polar surface area (TPSA) is 117 Å².